The fourth-order valence-corrected chi connectivity index (χ4v) is 4.81. The van der Waals surface area contributed by atoms with Gasteiger partial charge in [-0.2, -0.15) is 5.26 Å². The molecule has 3 rings (SSSR count). The minimum atomic E-state index is -0.481. The SMILES string of the molecule is CC(=O)C1=C(C)NC(SCC(=O)c2cccc(Cl)c2)=C(C#N)[C@@H]1c1ccc(Br)cc1. The molecule has 0 radical (unpaired) electrons. The molecule has 30 heavy (non-hydrogen) atoms. The molecule has 1 aliphatic rings. The van der Waals surface area contributed by atoms with Crippen molar-refractivity contribution < 1.29 is 9.59 Å². The lowest BCUT2D eigenvalue weighted by molar-refractivity contribution is -0.113. The van der Waals surface area contributed by atoms with Crippen LogP contribution in [-0.4, -0.2) is 17.3 Å². The first-order valence-corrected chi connectivity index (χ1v) is 11.3. The summed E-state index contributed by atoms with van der Waals surface area (Å²) in [6.07, 6.45) is 0. The molecule has 0 aliphatic carbocycles. The Morgan fingerprint density at radius 3 is 2.53 bits per heavy atom. The highest BCUT2D eigenvalue weighted by atomic mass is 79.9. The number of ketones is 2. The Bertz CT molecular complexity index is 1120. The average molecular weight is 502 g/mol. The van der Waals surface area contributed by atoms with E-state index in [2.05, 4.69) is 27.3 Å². The first-order chi connectivity index (χ1) is 14.3. The van der Waals surface area contributed by atoms with Gasteiger partial charge in [0.2, 0.25) is 0 Å². The highest BCUT2D eigenvalue weighted by molar-refractivity contribution is 9.10. The minimum Gasteiger partial charge on any atom is -0.353 e. The largest absolute Gasteiger partial charge is 0.353 e. The molecule has 0 saturated carbocycles. The predicted molar refractivity (Wildman–Crippen MR) is 124 cm³/mol. The highest BCUT2D eigenvalue weighted by Gasteiger charge is 2.33. The zero-order valence-corrected chi connectivity index (χ0v) is 19.5. The van der Waals surface area contributed by atoms with Crippen LogP contribution in [0.3, 0.4) is 0 Å². The van der Waals surface area contributed by atoms with Crippen molar-refractivity contribution in [3.05, 3.63) is 91.0 Å². The standard InChI is InChI=1S/C23H18BrClN2O2S/c1-13-21(14(2)28)22(15-6-8-17(24)9-7-15)19(11-26)23(27-13)30-12-20(29)16-4-3-5-18(25)10-16/h3-10,22,27H,12H2,1-2H3/t22-/m0/s1. The molecule has 1 N–H and O–H groups in total. The Morgan fingerprint density at radius 1 is 1.23 bits per heavy atom. The van der Waals surface area contributed by atoms with Gasteiger partial charge in [-0.3, -0.25) is 9.59 Å². The zero-order chi connectivity index (χ0) is 21.8. The van der Waals surface area contributed by atoms with Gasteiger partial charge >= 0.3 is 0 Å². The van der Waals surface area contributed by atoms with Crippen molar-refractivity contribution in [1.82, 2.24) is 5.32 Å². The maximum Gasteiger partial charge on any atom is 0.173 e. The van der Waals surface area contributed by atoms with Crippen molar-refractivity contribution in [3.63, 3.8) is 0 Å². The van der Waals surface area contributed by atoms with Gasteiger partial charge in [0.15, 0.2) is 11.6 Å². The molecule has 152 valence electrons. The molecule has 0 aromatic heterocycles. The molecule has 4 nitrogen and oxygen atoms in total. The summed E-state index contributed by atoms with van der Waals surface area (Å²) in [5.41, 5.74) is 3.04. The molecule has 1 aliphatic heterocycles. The molecule has 0 unspecified atom stereocenters. The van der Waals surface area contributed by atoms with E-state index in [-0.39, 0.29) is 17.3 Å². The van der Waals surface area contributed by atoms with E-state index >= 15 is 0 Å². The second-order valence-corrected chi connectivity index (χ2v) is 9.12. The summed E-state index contributed by atoms with van der Waals surface area (Å²) in [5, 5.41) is 14.2. The van der Waals surface area contributed by atoms with Crippen molar-refractivity contribution in [2.75, 3.05) is 5.75 Å². The first kappa shape index (κ1) is 22.4. The van der Waals surface area contributed by atoms with E-state index in [0.717, 1.165) is 10.0 Å². The number of halogens is 2. The van der Waals surface area contributed by atoms with E-state index < -0.39 is 5.92 Å². The van der Waals surface area contributed by atoms with Gasteiger partial charge in [-0.15, -0.1) is 0 Å². The maximum atomic E-state index is 12.6. The fourth-order valence-electron chi connectivity index (χ4n) is 3.36. The number of hydrogen-bond acceptors (Lipinski definition) is 5. The number of carbonyl (C=O) groups is 2. The average Bonchev–Trinajstić information content (AvgIpc) is 2.71. The van der Waals surface area contributed by atoms with E-state index in [0.29, 0.717) is 32.5 Å². The molecule has 1 heterocycles. The molecule has 0 amide bonds. The quantitative estimate of drug-likeness (QED) is 0.491. The van der Waals surface area contributed by atoms with Crippen LogP contribution in [0.15, 0.2) is 74.9 Å². The molecule has 0 bridgehead atoms. The molecule has 0 saturated heterocycles. The topological polar surface area (TPSA) is 70.0 Å². The minimum absolute atomic E-state index is 0.0896. The van der Waals surface area contributed by atoms with Gasteiger partial charge < -0.3 is 5.32 Å². The number of allylic oxidation sites excluding steroid dienone is 3. The summed E-state index contributed by atoms with van der Waals surface area (Å²) >= 11 is 10.7. The number of carbonyl (C=O) groups excluding carboxylic acids is 2. The van der Waals surface area contributed by atoms with Crippen molar-refractivity contribution in [3.8, 4) is 6.07 Å². The first-order valence-electron chi connectivity index (χ1n) is 9.11. The summed E-state index contributed by atoms with van der Waals surface area (Å²) in [5.74, 6) is -0.525. The number of rotatable bonds is 6. The number of nitriles is 1. The molecule has 0 fully saturated rings. The number of nitrogens with one attached hydrogen (secondary N) is 1. The number of thioether (sulfide) groups is 1. The van der Waals surface area contributed by atoms with Crippen LogP contribution in [0.5, 0.6) is 0 Å². The van der Waals surface area contributed by atoms with Gasteiger partial charge in [-0.05, 0) is 43.7 Å². The fraction of sp³-hybridized carbons (Fsp3) is 0.174. The monoisotopic (exact) mass is 500 g/mol. The van der Waals surface area contributed by atoms with Crippen molar-refractivity contribution in [1.29, 1.82) is 5.26 Å². The van der Waals surface area contributed by atoms with E-state index in [1.807, 2.05) is 31.2 Å². The lowest BCUT2D eigenvalue weighted by Crippen LogP contribution is -2.27. The van der Waals surface area contributed by atoms with Gasteiger partial charge in [0.1, 0.15) is 0 Å². The maximum absolute atomic E-state index is 12.6. The van der Waals surface area contributed by atoms with Crippen molar-refractivity contribution in [2.24, 2.45) is 0 Å². The predicted octanol–water partition coefficient (Wildman–Crippen LogP) is 6.00. The van der Waals surface area contributed by atoms with Crippen LogP contribution in [0.2, 0.25) is 5.02 Å². The Kier molecular flexibility index (Phi) is 7.19. The molecular formula is C23H18BrClN2O2S. The summed E-state index contributed by atoms with van der Waals surface area (Å²) in [6, 6.07) is 16.6. The van der Waals surface area contributed by atoms with E-state index in [9.17, 15) is 14.9 Å². The third-order valence-corrected chi connectivity index (χ3v) is 6.51. The second kappa shape index (κ2) is 9.65. The molecule has 1 atom stereocenters. The second-order valence-electron chi connectivity index (χ2n) is 6.78. The molecule has 0 spiro atoms. The van der Waals surface area contributed by atoms with Crippen LogP contribution in [0.25, 0.3) is 0 Å². The van der Waals surface area contributed by atoms with Crippen molar-refractivity contribution >= 4 is 50.9 Å². The van der Waals surface area contributed by atoms with E-state index in [1.54, 1.807) is 24.3 Å². The zero-order valence-electron chi connectivity index (χ0n) is 16.3. The van der Waals surface area contributed by atoms with Crippen LogP contribution in [0, 0.1) is 11.3 Å². The van der Waals surface area contributed by atoms with Gasteiger partial charge in [0.05, 0.1) is 28.3 Å². The number of Topliss-reactive ketones (excluding diaryl/α,β-unsaturated/α-hetero) is 2. The Morgan fingerprint density at radius 2 is 1.93 bits per heavy atom. The van der Waals surface area contributed by atoms with Gasteiger partial charge in [-0.25, -0.2) is 0 Å². The smallest absolute Gasteiger partial charge is 0.173 e. The van der Waals surface area contributed by atoms with E-state index in [1.165, 1.54) is 18.7 Å². The van der Waals surface area contributed by atoms with Gasteiger partial charge in [0, 0.05) is 26.3 Å². The highest BCUT2D eigenvalue weighted by Crippen LogP contribution is 2.41. The van der Waals surface area contributed by atoms with Crippen LogP contribution >= 0.6 is 39.3 Å². The molecule has 7 heteroatoms. The summed E-state index contributed by atoms with van der Waals surface area (Å²) in [6.45, 7) is 3.32. The van der Waals surface area contributed by atoms with Crippen LogP contribution in [0.4, 0.5) is 0 Å². The molecular weight excluding hydrogens is 484 g/mol. The Balaban J connectivity index is 1.95. The number of benzene rings is 2. The lowest BCUT2D eigenvalue weighted by Gasteiger charge is -2.29. The number of dihydropyridines is 1. The lowest BCUT2D eigenvalue weighted by atomic mass is 9.81. The van der Waals surface area contributed by atoms with E-state index in [4.69, 9.17) is 11.6 Å². The Hall–Kier alpha value is -2.33. The molecule has 2 aromatic rings. The summed E-state index contributed by atoms with van der Waals surface area (Å²) < 4.78 is 0.912. The van der Waals surface area contributed by atoms with Crippen LogP contribution in [0.1, 0.15) is 35.7 Å². The summed E-state index contributed by atoms with van der Waals surface area (Å²) in [7, 11) is 0. The third-order valence-electron chi connectivity index (χ3n) is 4.72. The van der Waals surface area contributed by atoms with Crippen LogP contribution < -0.4 is 5.32 Å². The van der Waals surface area contributed by atoms with Crippen molar-refractivity contribution in [2.45, 2.75) is 19.8 Å². The Labute approximate surface area is 193 Å². The number of nitrogens with zero attached hydrogens (tertiary/aromatic N) is 1. The van der Waals surface area contributed by atoms with Crippen LogP contribution in [-0.2, 0) is 4.79 Å². The van der Waals surface area contributed by atoms with Gasteiger partial charge in [0.25, 0.3) is 0 Å². The number of hydrogen-bond donors (Lipinski definition) is 1. The third kappa shape index (κ3) is 4.86. The normalized spacial score (nSPS) is 16.2. The molecule has 2 aromatic carbocycles. The van der Waals surface area contributed by atoms with Gasteiger partial charge in [-0.1, -0.05) is 63.6 Å². The summed E-state index contributed by atoms with van der Waals surface area (Å²) in [4.78, 5) is 25.0.